The molecule has 0 aliphatic heterocycles. The third-order valence-electron chi connectivity index (χ3n) is 3.91. The van der Waals surface area contributed by atoms with E-state index >= 15 is 0 Å². The highest BCUT2D eigenvalue weighted by Gasteiger charge is 2.23. The lowest BCUT2D eigenvalue weighted by atomic mass is 9.86. The Bertz CT molecular complexity index is 439. The van der Waals surface area contributed by atoms with Crippen molar-refractivity contribution < 1.29 is 4.39 Å². The molecule has 1 saturated carbocycles. The van der Waals surface area contributed by atoms with Crippen molar-refractivity contribution >= 4 is 5.69 Å². The summed E-state index contributed by atoms with van der Waals surface area (Å²) in [6.45, 7) is 8.28. The Hall–Kier alpha value is -1.31. The van der Waals surface area contributed by atoms with Gasteiger partial charge in [0.1, 0.15) is 6.17 Å². The van der Waals surface area contributed by atoms with E-state index in [4.69, 9.17) is 0 Å². The maximum absolute atomic E-state index is 13.4. The molecule has 1 fully saturated rings. The van der Waals surface area contributed by atoms with Crippen molar-refractivity contribution in [2.45, 2.75) is 45.7 Å². The Morgan fingerprint density at radius 1 is 1.28 bits per heavy atom. The third kappa shape index (κ3) is 3.12. The van der Waals surface area contributed by atoms with Crippen LogP contribution in [0.5, 0.6) is 0 Å². The molecule has 0 saturated heterocycles. The predicted molar refractivity (Wildman–Crippen MR) is 75.5 cm³/mol. The Morgan fingerprint density at radius 2 is 2.06 bits per heavy atom. The van der Waals surface area contributed by atoms with E-state index in [-0.39, 0.29) is 5.92 Å². The van der Waals surface area contributed by atoms with Gasteiger partial charge in [-0.25, -0.2) is 4.39 Å². The van der Waals surface area contributed by atoms with Crippen LogP contribution in [-0.4, -0.2) is 6.17 Å². The van der Waals surface area contributed by atoms with Crippen LogP contribution in [0.2, 0.25) is 0 Å². The lowest BCUT2D eigenvalue weighted by molar-refractivity contribution is 0.216. The summed E-state index contributed by atoms with van der Waals surface area (Å²) in [4.78, 5) is 0. The molecule has 2 unspecified atom stereocenters. The summed E-state index contributed by atoms with van der Waals surface area (Å²) in [6, 6.07) is 6.28. The average Bonchev–Trinajstić information content (AvgIpc) is 2.34. The van der Waals surface area contributed by atoms with Gasteiger partial charge in [0.2, 0.25) is 0 Å². The number of allylic oxidation sites excluding steroid dienone is 1. The first kappa shape index (κ1) is 13.1. The van der Waals surface area contributed by atoms with Gasteiger partial charge in [0.15, 0.2) is 0 Å². The smallest absolute Gasteiger partial charge is 0.101 e. The van der Waals surface area contributed by atoms with Gasteiger partial charge < -0.3 is 5.32 Å². The minimum atomic E-state index is -0.651. The van der Waals surface area contributed by atoms with Gasteiger partial charge >= 0.3 is 0 Å². The highest BCUT2D eigenvalue weighted by atomic mass is 19.1. The normalized spacial score (nSPS) is 23.7. The second-order valence-electron chi connectivity index (χ2n) is 5.41. The number of hydrogen-bond acceptors (Lipinski definition) is 1. The van der Waals surface area contributed by atoms with E-state index in [0.29, 0.717) is 12.8 Å². The van der Waals surface area contributed by atoms with Crippen LogP contribution in [0.3, 0.4) is 0 Å². The van der Waals surface area contributed by atoms with Crippen molar-refractivity contribution in [2.75, 3.05) is 5.32 Å². The summed E-state index contributed by atoms with van der Waals surface area (Å²) in [7, 11) is 0. The second kappa shape index (κ2) is 5.55. The van der Waals surface area contributed by atoms with Crippen molar-refractivity contribution in [1.29, 1.82) is 0 Å². The Balaban J connectivity index is 2.00. The number of alkyl halides is 1. The number of aryl methyl sites for hydroxylation is 2. The molecule has 2 rings (SSSR count). The first-order valence-corrected chi connectivity index (χ1v) is 6.73. The molecule has 98 valence electrons. The standard InChI is InChI=1S/C16H22FN/c1-11-7-8-16(9-12(11)2)18-13(3)14-5-4-6-15(17)10-14/h7-9,14-15,18H,3-6,10H2,1-2H3. The van der Waals surface area contributed by atoms with Crippen LogP contribution in [0.4, 0.5) is 10.1 Å². The molecule has 0 heterocycles. The van der Waals surface area contributed by atoms with Crippen LogP contribution in [0, 0.1) is 19.8 Å². The number of halogens is 1. The van der Waals surface area contributed by atoms with Gasteiger partial charge in [0.05, 0.1) is 0 Å². The van der Waals surface area contributed by atoms with E-state index < -0.39 is 6.17 Å². The van der Waals surface area contributed by atoms with Gasteiger partial charge in [-0.2, -0.15) is 0 Å². The third-order valence-corrected chi connectivity index (χ3v) is 3.91. The lowest BCUT2D eigenvalue weighted by Gasteiger charge is -2.27. The first-order valence-electron chi connectivity index (χ1n) is 6.73. The molecular weight excluding hydrogens is 225 g/mol. The number of nitrogens with one attached hydrogen (secondary N) is 1. The fourth-order valence-corrected chi connectivity index (χ4v) is 2.55. The van der Waals surface area contributed by atoms with E-state index in [2.05, 4.69) is 43.9 Å². The van der Waals surface area contributed by atoms with Gasteiger partial charge in [-0.1, -0.05) is 12.6 Å². The zero-order chi connectivity index (χ0) is 13.1. The number of benzene rings is 1. The van der Waals surface area contributed by atoms with Crippen LogP contribution in [0.15, 0.2) is 30.5 Å². The summed E-state index contributed by atoms with van der Waals surface area (Å²) >= 11 is 0. The lowest BCUT2D eigenvalue weighted by Crippen LogP contribution is -2.20. The molecule has 2 heteroatoms. The molecule has 1 aliphatic rings. The maximum atomic E-state index is 13.4. The molecule has 1 N–H and O–H groups in total. The van der Waals surface area contributed by atoms with Crippen molar-refractivity contribution in [3.05, 3.63) is 41.6 Å². The Morgan fingerprint density at radius 3 is 2.72 bits per heavy atom. The highest BCUT2D eigenvalue weighted by molar-refractivity contribution is 5.51. The Labute approximate surface area is 109 Å². The molecule has 1 aliphatic carbocycles. The molecule has 0 aromatic heterocycles. The van der Waals surface area contributed by atoms with Gasteiger partial charge in [0, 0.05) is 17.3 Å². The molecule has 0 radical (unpaired) electrons. The van der Waals surface area contributed by atoms with Crippen LogP contribution in [0.25, 0.3) is 0 Å². The largest absolute Gasteiger partial charge is 0.359 e. The van der Waals surface area contributed by atoms with E-state index in [1.54, 1.807) is 0 Å². The zero-order valence-corrected chi connectivity index (χ0v) is 11.3. The summed E-state index contributed by atoms with van der Waals surface area (Å²) in [6.07, 6.45) is 2.71. The molecular formula is C16H22FN. The van der Waals surface area contributed by atoms with Crippen molar-refractivity contribution in [1.82, 2.24) is 0 Å². The van der Waals surface area contributed by atoms with Crippen molar-refractivity contribution in [3.8, 4) is 0 Å². The first-order chi connectivity index (χ1) is 8.56. The highest BCUT2D eigenvalue weighted by Crippen LogP contribution is 2.31. The zero-order valence-electron chi connectivity index (χ0n) is 11.3. The van der Waals surface area contributed by atoms with Crippen molar-refractivity contribution in [3.63, 3.8) is 0 Å². The molecule has 0 bridgehead atoms. The molecule has 1 aromatic rings. The molecule has 0 amide bonds. The monoisotopic (exact) mass is 247 g/mol. The van der Waals surface area contributed by atoms with Crippen LogP contribution in [-0.2, 0) is 0 Å². The number of anilines is 1. The maximum Gasteiger partial charge on any atom is 0.101 e. The minimum Gasteiger partial charge on any atom is -0.359 e. The van der Waals surface area contributed by atoms with Crippen LogP contribution < -0.4 is 5.32 Å². The quantitative estimate of drug-likeness (QED) is 0.812. The summed E-state index contributed by atoms with van der Waals surface area (Å²) in [5.74, 6) is 0.273. The molecule has 2 atom stereocenters. The molecule has 0 spiro atoms. The predicted octanol–water partition coefficient (Wildman–Crippen LogP) is 4.76. The summed E-state index contributed by atoms with van der Waals surface area (Å²) in [5.41, 5.74) is 4.57. The summed E-state index contributed by atoms with van der Waals surface area (Å²) < 4.78 is 13.4. The average molecular weight is 247 g/mol. The van der Waals surface area contributed by atoms with Crippen molar-refractivity contribution in [2.24, 2.45) is 5.92 Å². The fourth-order valence-electron chi connectivity index (χ4n) is 2.55. The Kier molecular flexibility index (Phi) is 4.05. The van der Waals surface area contributed by atoms with Crippen LogP contribution in [0.1, 0.15) is 36.8 Å². The second-order valence-corrected chi connectivity index (χ2v) is 5.41. The molecule has 1 nitrogen and oxygen atoms in total. The van der Waals surface area contributed by atoms with Crippen LogP contribution >= 0.6 is 0 Å². The number of rotatable bonds is 3. The van der Waals surface area contributed by atoms with Gasteiger partial charge in [-0.3, -0.25) is 0 Å². The van der Waals surface area contributed by atoms with E-state index in [9.17, 15) is 4.39 Å². The van der Waals surface area contributed by atoms with E-state index in [1.807, 2.05) is 0 Å². The van der Waals surface area contributed by atoms with Gasteiger partial charge in [-0.15, -0.1) is 0 Å². The molecule has 1 aromatic carbocycles. The molecule has 18 heavy (non-hydrogen) atoms. The topological polar surface area (TPSA) is 12.0 Å². The SMILES string of the molecule is C=C(Nc1ccc(C)c(C)c1)C1CCCC(F)C1. The van der Waals surface area contributed by atoms with Gasteiger partial charge in [0.25, 0.3) is 0 Å². The number of hydrogen-bond donors (Lipinski definition) is 1. The fraction of sp³-hybridized carbons (Fsp3) is 0.500. The van der Waals surface area contributed by atoms with E-state index in [1.165, 1.54) is 11.1 Å². The van der Waals surface area contributed by atoms with E-state index in [0.717, 1.165) is 24.2 Å². The minimum absolute atomic E-state index is 0.273. The van der Waals surface area contributed by atoms with Gasteiger partial charge in [-0.05, 0) is 62.8 Å². The summed E-state index contributed by atoms with van der Waals surface area (Å²) in [5, 5.41) is 3.34.